The first-order valence-electron chi connectivity index (χ1n) is 12.1. The molecule has 1 saturated carbocycles. The normalized spacial score (nSPS) is 22.7. The quantitative estimate of drug-likeness (QED) is 0.294. The van der Waals surface area contributed by atoms with Gasteiger partial charge in [0.1, 0.15) is 22.7 Å². The predicted octanol–water partition coefficient (Wildman–Crippen LogP) is 6.23. The Labute approximate surface area is 225 Å². The molecular formula is C26H22Cl2F3N5O2. The van der Waals surface area contributed by atoms with Crippen molar-refractivity contribution in [2.24, 2.45) is 0 Å². The Morgan fingerprint density at radius 3 is 2.66 bits per heavy atom. The van der Waals surface area contributed by atoms with E-state index in [0.717, 1.165) is 4.68 Å². The van der Waals surface area contributed by atoms with E-state index in [-0.39, 0.29) is 45.0 Å². The van der Waals surface area contributed by atoms with Gasteiger partial charge in [-0.05, 0) is 44.9 Å². The first-order valence-corrected chi connectivity index (χ1v) is 12.9. The Hall–Kier alpha value is -2.95. The molecule has 1 unspecified atom stereocenters. The summed E-state index contributed by atoms with van der Waals surface area (Å²) in [6.07, 6.45) is 3.29. The van der Waals surface area contributed by atoms with Gasteiger partial charge in [-0.25, -0.2) is 27.8 Å². The number of benzene rings is 1. The molecule has 1 aliphatic carbocycles. The Morgan fingerprint density at radius 2 is 1.95 bits per heavy atom. The van der Waals surface area contributed by atoms with Crippen molar-refractivity contribution < 1.29 is 17.9 Å². The zero-order valence-corrected chi connectivity index (χ0v) is 21.9. The summed E-state index contributed by atoms with van der Waals surface area (Å²) in [4.78, 5) is 22.6. The van der Waals surface area contributed by atoms with Crippen LogP contribution < -0.4 is 5.56 Å². The van der Waals surface area contributed by atoms with Gasteiger partial charge < -0.3 is 4.74 Å². The van der Waals surface area contributed by atoms with Crippen LogP contribution in [-0.4, -0.2) is 36.7 Å². The number of aromatic nitrogens is 5. The second-order valence-electron chi connectivity index (χ2n) is 9.86. The van der Waals surface area contributed by atoms with Gasteiger partial charge in [0, 0.05) is 52.5 Å². The molecule has 3 atom stereocenters. The second kappa shape index (κ2) is 9.07. The Balaban J connectivity index is 1.42. The number of halogens is 5. The summed E-state index contributed by atoms with van der Waals surface area (Å²) < 4.78 is 50.8. The monoisotopic (exact) mass is 563 g/mol. The number of alkyl halides is 2. The van der Waals surface area contributed by atoms with Crippen LogP contribution in [-0.2, 0) is 4.74 Å². The maximum atomic E-state index is 15.0. The second-order valence-corrected chi connectivity index (χ2v) is 10.7. The fraction of sp³-hybridized carbons (Fsp3) is 0.385. The molecule has 0 N–H and O–H groups in total. The fourth-order valence-electron chi connectivity index (χ4n) is 4.95. The van der Waals surface area contributed by atoms with Crippen LogP contribution in [0.4, 0.5) is 13.2 Å². The molecule has 38 heavy (non-hydrogen) atoms. The van der Waals surface area contributed by atoms with Crippen molar-refractivity contribution in [3.05, 3.63) is 79.5 Å². The summed E-state index contributed by atoms with van der Waals surface area (Å²) in [6.45, 7) is 3.76. The van der Waals surface area contributed by atoms with Crippen LogP contribution >= 0.6 is 23.2 Å². The Bertz CT molecular complexity index is 1650. The molecule has 2 aliphatic rings. The molecule has 3 aromatic heterocycles. The van der Waals surface area contributed by atoms with Gasteiger partial charge >= 0.3 is 0 Å². The summed E-state index contributed by atoms with van der Waals surface area (Å²) in [5, 5.41) is 4.45. The molecule has 0 bridgehead atoms. The summed E-state index contributed by atoms with van der Waals surface area (Å²) >= 11 is 12.4. The molecule has 0 radical (unpaired) electrons. The van der Waals surface area contributed by atoms with Crippen molar-refractivity contribution in [2.75, 3.05) is 6.61 Å². The Kier molecular flexibility index (Phi) is 6.04. The summed E-state index contributed by atoms with van der Waals surface area (Å²) in [5.41, 5.74) is 2.44. The summed E-state index contributed by atoms with van der Waals surface area (Å²) in [5.74, 6) is -3.59. The molecule has 6 rings (SSSR count). The lowest BCUT2D eigenvalue weighted by Crippen LogP contribution is -2.24. The highest BCUT2D eigenvalue weighted by atomic mass is 35.5. The van der Waals surface area contributed by atoms with Crippen LogP contribution in [0, 0.1) is 19.7 Å². The van der Waals surface area contributed by atoms with Crippen LogP contribution in [0.3, 0.4) is 0 Å². The first-order chi connectivity index (χ1) is 18.0. The average molecular weight is 564 g/mol. The van der Waals surface area contributed by atoms with E-state index in [2.05, 4.69) is 10.1 Å². The van der Waals surface area contributed by atoms with Gasteiger partial charge in [-0.15, -0.1) is 0 Å². The van der Waals surface area contributed by atoms with E-state index in [4.69, 9.17) is 32.9 Å². The zero-order valence-electron chi connectivity index (χ0n) is 20.4. The zero-order chi connectivity index (χ0) is 26.9. The number of rotatable bonds is 4. The standard InChI is InChI=1S/C26H22Cl2F3N5O2/c1-12-13(2)33-24-22(16-4-3-15(27)8-18(16)29)34-19(11-35(24)25(12)37)14-5-6-38-20(7-14)17-10-32-36(23(17)28)21-9-26(21,30)31/h3-4,8,10-11,14,20-21H,5-7,9H2,1-2H3/t14-,20+,21?/m0/s1. The molecular weight excluding hydrogens is 542 g/mol. The summed E-state index contributed by atoms with van der Waals surface area (Å²) in [6, 6.07) is 3.21. The molecule has 12 heteroatoms. The van der Waals surface area contributed by atoms with Gasteiger partial charge in [0.2, 0.25) is 0 Å². The van der Waals surface area contributed by atoms with Crippen molar-refractivity contribution in [1.29, 1.82) is 0 Å². The molecule has 7 nitrogen and oxygen atoms in total. The van der Waals surface area contributed by atoms with E-state index >= 15 is 4.39 Å². The van der Waals surface area contributed by atoms with E-state index in [1.54, 1.807) is 26.1 Å². The van der Waals surface area contributed by atoms with Crippen LogP contribution in [0.1, 0.15) is 59.8 Å². The topological polar surface area (TPSA) is 74.3 Å². The van der Waals surface area contributed by atoms with Crippen LogP contribution in [0.25, 0.3) is 16.9 Å². The van der Waals surface area contributed by atoms with Crippen molar-refractivity contribution in [3.63, 3.8) is 0 Å². The van der Waals surface area contributed by atoms with Crippen molar-refractivity contribution in [1.82, 2.24) is 24.1 Å². The highest BCUT2D eigenvalue weighted by molar-refractivity contribution is 6.30. The average Bonchev–Trinajstić information content (AvgIpc) is 3.34. The fourth-order valence-corrected chi connectivity index (χ4v) is 5.45. The third kappa shape index (κ3) is 4.19. The van der Waals surface area contributed by atoms with Crippen molar-refractivity contribution >= 4 is 28.8 Å². The number of fused-ring (bicyclic) bond motifs is 1. The van der Waals surface area contributed by atoms with Gasteiger partial charge in [-0.3, -0.25) is 9.20 Å². The largest absolute Gasteiger partial charge is 0.373 e. The molecule has 0 amide bonds. The molecule has 2 fully saturated rings. The third-order valence-electron chi connectivity index (χ3n) is 7.38. The lowest BCUT2D eigenvalue weighted by Gasteiger charge is -2.29. The van der Waals surface area contributed by atoms with E-state index < -0.39 is 23.9 Å². The lowest BCUT2D eigenvalue weighted by molar-refractivity contribution is 0.00455. The minimum atomic E-state index is -2.82. The van der Waals surface area contributed by atoms with Gasteiger partial charge in [-0.2, -0.15) is 5.10 Å². The van der Waals surface area contributed by atoms with Crippen LogP contribution in [0.15, 0.2) is 35.4 Å². The lowest BCUT2D eigenvalue weighted by atomic mass is 9.90. The van der Waals surface area contributed by atoms with E-state index in [0.29, 0.717) is 42.0 Å². The van der Waals surface area contributed by atoms with E-state index in [1.165, 1.54) is 22.7 Å². The number of hydrogen-bond donors (Lipinski definition) is 0. The van der Waals surface area contributed by atoms with Gasteiger partial charge in [0.15, 0.2) is 5.65 Å². The molecule has 1 aliphatic heterocycles. The maximum Gasteiger partial charge on any atom is 0.272 e. The molecule has 4 heterocycles. The smallest absolute Gasteiger partial charge is 0.272 e. The van der Waals surface area contributed by atoms with Gasteiger partial charge in [-0.1, -0.05) is 23.2 Å². The van der Waals surface area contributed by atoms with E-state index in [9.17, 15) is 13.6 Å². The summed E-state index contributed by atoms with van der Waals surface area (Å²) in [7, 11) is 0. The molecule has 1 aromatic carbocycles. The van der Waals surface area contributed by atoms with Gasteiger partial charge in [0.05, 0.1) is 18.0 Å². The van der Waals surface area contributed by atoms with Crippen molar-refractivity contribution in [2.45, 2.75) is 57.1 Å². The SMILES string of the molecule is Cc1nc2c(-c3ccc(Cl)cc3F)nc([C@H]3CCO[C@@H](c4cnn(C5CC5(F)F)c4Cl)C3)cn2c(=O)c1C. The van der Waals surface area contributed by atoms with Gasteiger partial charge in [0.25, 0.3) is 11.5 Å². The highest BCUT2D eigenvalue weighted by Gasteiger charge is 2.59. The molecule has 4 aromatic rings. The number of nitrogens with zero attached hydrogens (tertiary/aromatic N) is 5. The molecule has 0 spiro atoms. The minimum Gasteiger partial charge on any atom is -0.373 e. The molecule has 1 saturated heterocycles. The first kappa shape index (κ1) is 25.3. The number of ether oxygens (including phenoxy) is 1. The van der Waals surface area contributed by atoms with E-state index in [1.807, 2.05) is 0 Å². The maximum absolute atomic E-state index is 15.0. The minimum absolute atomic E-state index is 0.125. The third-order valence-corrected chi connectivity index (χ3v) is 8.01. The predicted molar refractivity (Wildman–Crippen MR) is 136 cm³/mol. The molecule has 198 valence electrons. The number of hydrogen-bond acceptors (Lipinski definition) is 5. The van der Waals surface area contributed by atoms with Crippen molar-refractivity contribution in [3.8, 4) is 11.3 Å². The van der Waals surface area contributed by atoms with Crippen LogP contribution in [0.2, 0.25) is 10.2 Å². The van der Waals surface area contributed by atoms with Crippen LogP contribution in [0.5, 0.6) is 0 Å². The Morgan fingerprint density at radius 1 is 1.18 bits per heavy atom. The highest BCUT2D eigenvalue weighted by Crippen LogP contribution is 2.54. The number of aryl methyl sites for hydroxylation is 1.